The molecule has 0 atom stereocenters. The average molecular weight is 268 g/mol. The molecule has 0 aromatic heterocycles. The second-order valence-electron chi connectivity index (χ2n) is 5.54. The Morgan fingerprint density at radius 3 is 2.67 bits per heavy atom. The molecule has 0 unspecified atom stereocenters. The molecule has 2 rings (SSSR count). The molecule has 1 aliphatic rings. The smallest absolute Gasteiger partial charge is 0.124 e. The van der Waals surface area contributed by atoms with Crippen LogP contribution in [0.1, 0.15) is 32.3 Å². The Hall–Kier alpha value is -0.730. The lowest BCUT2D eigenvalue weighted by molar-refractivity contribution is 0.336. The van der Waals surface area contributed by atoms with Crippen molar-refractivity contribution in [2.75, 3.05) is 13.7 Å². The molecule has 0 bridgehead atoms. The predicted molar refractivity (Wildman–Crippen MR) is 76.2 cm³/mol. The minimum atomic E-state index is 0.522. The van der Waals surface area contributed by atoms with Crippen LogP contribution in [-0.2, 0) is 6.54 Å². The van der Waals surface area contributed by atoms with E-state index in [-0.39, 0.29) is 0 Å². The van der Waals surface area contributed by atoms with E-state index >= 15 is 0 Å². The molecule has 100 valence electrons. The van der Waals surface area contributed by atoms with Crippen molar-refractivity contribution < 1.29 is 4.74 Å². The fourth-order valence-corrected chi connectivity index (χ4v) is 2.69. The van der Waals surface area contributed by atoms with Gasteiger partial charge in [-0.05, 0) is 36.3 Å². The molecule has 3 heteroatoms. The van der Waals surface area contributed by atoms with Gasteiger partial charge in [-0.2, -0.15) is 0 Å². The molecule has 0 aliphatic heterocycles. The minimum Gasteiger partial charge on any atom is -0.496 e. The fourth-order valence-electron chi connectivity index (χ4n) is 2.46. The van der Waals surface area contributed by atoms with E-state index in [0.29, 0.717) is 5.41 Å². The number of nitrogens with one attached hydrogen (secondary N) is 1. The second kappa shape index (κ2) is 5.50. The van der Waals surface area contributed by atoms with E-state index in [1.807, 2.05) is 18.2 Å². The third kappa shape index (κ3) is 2.81. The highest BCUT2D eigenvalue weighted by molar-refractivity contribution is 6.31. The molecule has 0 radical (unpaired) electrons. The molecule has 1 fully saturated rings. The minimum absolute atomic E-state index is 0.522. The van der Waals surface area contributed by atoms with E-state index in [2.05, 4.69) is 19.2 Å². The van der Waals surface area contributed by atoms with Crippen LogP contribution in [0.5, 0.6) is 5.75 Å². The SMILES string of the molecule is COc1cccc(Cl)c1CNCC1(C(C)C)CC1. The van der Waals surface area contributed by atoms with Crippen LogP contribution in [0.3, 0.4) is 0 Å². The van der Waals surface area contributed by atoms with Gasteiger partial charge in [-0.25, -0.2) is 0 Å². The molecule has 0 amide bonds. The Kier molecular flexibility index (Phi) is 4.18. The summed E-state index contributed by atoms with van der Waals surface area (Å²) in [5.74, 6) is 1.61. The third-order valence-electron chi connectivity index (χ3n) is 4.19. The van der Waals surface area contributed by atoms with Gasteiger partial charge in [0.05, 0.1) is 7.11 Å². The normalized spacial score (nSPS) is 16.9. The van der Waals surface area contributed by atoms with E-state index in [1.54, 1.807) is 7.11 Å². The lowest BCUT2D eigenvalue weighted by Crippen LogP contribution is -2.27. The molecule has 0 saturated heterocycles. The number of halogens is 1. The summed E-state index contributed by atoms with van der Waals surface area (Å²) in [5.41, 5.74) is 1.58. The van der Waals surface area contributed by atoms with Crippen LogP contribution in [0.25, 0.3) is 0 Å². The topological polar surface area (TPSA) is 21.3 Å². The predicted octanol–water partition coefficient (Wildman–Crippen LogP) is 3.87. The van der Waals surface area contributed by atoms with Crippen molar-refractivity contribution in [2.45, 2.75) is 33.2 Å². The number of hydrogen-bond donors (Lipinski definition) is 1. The van der Waals surface area contributed by atoms with E-state index in [1.165, 1.54) is 12.8 Å². The summed E-state index contributed by atoms with van der Waals surface area (Å²) in [6.07, 6.45) is 2.69. The van der Waals surface area contributed by atoms with Crippen molar-refractivity contribution in [2.24, 2.45) is 11.3 Å². The van der Waals surface area contributed by atoms with Crippen LogP contribution < -0.4 is 10.1 Å². The molecule has 2 nitrogen and oxygen atoms in total. The first kappa shape index (κ1) is 13.7. The lowest BCUT2D eigenvalue weighted by Gasteiger charge is -2.20. The number of methoxy groups -OCH3 is 1. The summed E-state index contributed by atoms with van der Waals surface area (Å²) in [6, 6.07) is 5.79. The molecular weight excluding hydrogens is 246 g/mol. The van der Waals surface area contributed by atoms with Gasteiger partial charge < -0.3 is 10.1 Å². The second-order valence-corrected chi connectivity index (χ2v) is 5.95. The average Bonchev–Trinajstić information content (AvgIpc) is 3.12. The first-order valence-electron chi connectivity index (χ1n) is 6.61. The van der Waals surface area contributed by atoms with Gasteiger partial charge in [0.2, 0.25) is 0 Å². The van der Waals surface area contributed by atoms with Gasteiger partial charge in [-0.3, -0.25) is 0 Å². The lowest BCUT2D eigenvalue weighted by atomic mass is 9.92. The van der Waals surface area contributed by atoms with Crippen molar-refractivity contribution in [3.05, 3.63) is 28.8 Å². The summed E-state index contributed by atoms with van der Waals surface area (Å²) >= 11 is 6.22. The van der Waals surface area contributed by atoms with Crippen LogP contribution >= 0.6 is 11.6 Å². The van der Waals surface area contributed by atoms with E-state index < -0.39 is 0 Å². The Morgan fingerprint density at radius 1 is 1.39 bits per heavy atom. The molecule has 1 N–H and O–H groups in total. The van der Waals surface area contributed by atoms with E-state index in [0.717, 1.165) is 35.3 Å². The van der Waals surface area contributed by atoms with Crippen molar-refractivity contribution >= 4 is 11.6 Å². The molecule has 1 aliphatic carbocycles. The van der Waals surface area contributed by atoms with Crippen molar-refractivity contribution in [1.29, 1.82) is 0 Å². The standard InChI is InChI=1S/C15H22ClNO/c1-11(2)15(7-8-15)10-17-9-12-13(16)5-4-6-14(12)18-3/h4-6,11,17H,7-10H2,1-3H3. The molecule has 1 aromatic rings. The monoisotopic (exact) mass is 267 g/mol. The van der Waals surface area contributed by atoms with Crippen LogP contribution in [0.4, 0.5) is 0 Å². The molecule has 18 heavy (non-hydrogen) atoms. The Balaban J connectivity index is 1.95. The molecule has 1 aromatic carbocycles. The van der Waals surface area contributed by atoms with E-state index in [4.69, 9.17) is 16.3 Å². The number of rotatable bonds is 6. The van der Waals surface area contributed by atoms with Crippen LogP contribution in [0.2, 0.25) is 5.02 Å². The maximum atomic E-state index is 6.22. The highest BCUT2D eigenvalue weighted by Crippen LogP contribution is 2.51. The van der Waals surface area contributed by atoms with Gasteiger partial charge >= 0.3 is 0 Å². The first-order chi connectivity index (χ1) is 8.59. The van der Waals surface area contributed by atoms with Crippen LogP contribution in [0, 0.1) is 11.3 Å². The first-order valence-corrected chi connectivity index (χ1v) is 6.99. The zero-order valence-electron chi connectivity index (χ0n) is 11.4. The quantitative estimate of drug-likeness (QED) is 0.845. The molecular formula is C15H22ClNO. The molecule has 1 saturated carbocycles. The molecule has 0 spiro atoms. The largest absolute Gasteiger partial charge is 0.496 e. The number of ether oxygens (including phenoxy) is 1. The Bertz CT molecular complexity index is 413. The van der Waals surface area contributed by atoms with Gasteiger partial charge in [0.1, 0.15) is 5.75 Å². The summed E-state index contributed by atoms with van der Waals surface area (Å²) in [6.45, 7) is 6.46. The highest BCUT2D eigenvalue weighted by atomic mass is 35.5. The Morgan fingerprint density at radius 2 is 2.11 bits per heavy atom. The maximum Gasteiger partial charge on any atom is 0.124 e. The van der Waals surface area contributed by atoms with Crippen molar-refractivity contribution in [1.82, 2.24) is 5.32 Å². The maximum absolute atomic E-state index is 6.22. The number of benzene rings is 1. The zero-order chi connectivity index (χ0) is 13.2. The number of hydrogen-bond acceptors (Lipinski definition) is 2. The van der Waals surface area contributed by atoms with Gasteiger partial charge in [-0.1, -0.05) is 31.5 Å². The van der Waals surface area contributed by atoms with Crippen LogP contribution in [0.15, 0.2) is 18.2 Å². The van der Waals surface area contributed by atoms with Gasteiger partial charge in [0.15, 0.2) is 0 Å². The summed E-state index contributed by atoms with van der Waals surface area (Å²) in [5, 5.41) is 4.31. The van der Waals surface area contributed by atoms with Crippen LogP contribution in [-0.4, -0.2) is 13.7 Å². The third-order valence-corrected chi connectivity index (χ3v) is 4.55. The molecule has 0 heterocycles. The zero-order valence-corrected chi connectivity index (χ0v) is 12.2. The van der Waals surface area contributed by atoms with Gasteiger partial charge in [-0.15, -0.1) is 0 Å². The van der Waals surface area contributed by atoms with Crippen molar-refractivity contribution in [3.63, 3.8) is 0 Å². The van der Waals surface area contributed by atoms with Gasteiger partial charge in [0.25, 0.3) is 0 Å². The van der Waals surface area contributed by atoms with E-state index in [9.17, 15) is 0 Å². The van der Waals surface area contributed by atoms with Crippen molar-refractivity contribution in [3.8, 4) is 5.75 Å². The highest BCUT2D eigenvalue weighted by Gasteiger charge is 2.44. The fraction of sp³-hybridized carbons (Fsp3) is 0.600. The summed E-state index contributed by atoms with van der Waals surface area (Å²) < 4.78 is 5.35. The summed E-state index contributed by atoms with van der Waals surface area (Å²) in [7, 11) is 1.69. The Labute approximate surface area is 115 Å². The van der Waals surface area contributed by atoms with Gasteiger partial charge in [0, 0.05) is 23.7 Å². The summed E-state index contributed by atoms with van der Waals surface area (Å²) in [4.78, 5) is 0.